The number of nitrogens with zero attached hydrogens (tertiary/aromatic N) is 1. The van der Waals surface area contributed by atoms with Crippen molar-refractivity contribution in [2.45, 2.75) is 26.3 Å². The van der Waals surface area contributed by atoms with E-state index < -0.39 is 11.2 Å². The van der Waals surface area contributed by atoms with Crippen molar-refractivity contribution < 1.29 is 9.50 Å². The van der Waals surface area contributed by atoms with Gasteiger partial charge in [-0.2, -0.15) is 0 Å². The molecule has 0 atom stereocenters. The Hall–Kier alpha value is -1.81. The van der Waals surface area contributed by atoms with Crippen LogP contribution >= 0.6 is 11.6 Å². The molecular formula is C15H15ClFNO2. The molecule has 1 aromatic carbocycles. The first-order valence-corrected chi connectivity index (χ1v) is 6.44. The van der Waals surface area contributed by atoms with Gasteiger partial charge >= 0.3 is 0 Å². The van der Waals surface area contributed by atoms with Gasteiger partial charge in [-0.05, 0) is 32.9 Å². The molecule has 0 amide bonds. The van der Waals surface area contributed by atoms with E-state index in [1.54, 1.807) is 4.57 Å². The van der Waals surface area contributed by atoms with E-state index in [2.05, 4.69) is 6.58 Å². The van der Waals surface area contributed by atoms with E-state index in [9.17, 15) is 14.3 Å². The molecule has 0 aliphatic rings. The van der Waals surface area contributed by atoms with Crippen molar-refractivity contribution in [1.82, 2.24) is 4.57 Å². The molecule has 0 spiro atoms. The molecule has 0 saturated heterocycles. The highest BCUT2D eigenvalue weighted by Crippen LogP contribution is 2.26. The molecule has 0 bridgehead atoms. The molecule has 106 valence electrons. The fraction of sp³-hybridized carbons (Fsp3) is 0.267. The minimum Gasteiger partial charge on any atom is -0.508 e. The van der Waals surface area contributed by atoms with Crippen LogP contribution in [0.5, 0.6) is 0 Å². The maximum atomic E-state index is 13.6. The Kier molecular flexibility index (Phi) is 3.38. The van der Waals surface area contributed by atoms with Crippen LogP contribution in [0.1, 0.15) is 26.3 Å². The predicted octanol–water partition coefficient (Wildman–Crippen LogP) is 4.08. The van der Waals surface area contributed by atoms with Gasteiger partial charge < -0.3 is 9.67 Å². The lowest BCUT2D eigenvalue weighted by Crippen LogP contribution is -2.26. The second-order valence-electron chi connectivity index (χ2n) is 5.64. The largest absolute Gasteiger partial charge is 0.508 e. The van der Waals surface area contributed by atoms with E-state index in [-0.39, 0.29) is 27.3 Å². The molecule has 1 heterocycles. The van der Waals surface area contributed by atoms with Crippen LogP contribution in [0, 0.1) is 5.82 Å². The summed E-state index contributed by atoms with van der Waals surface area (Å²) in [7, 11) is 0. The Bertz CT molecular complexity index is 772. The van der Waals surface area contributed by atoms with Gasteiger partial charge in [-0.1, -0.05) is 18.2 Å². The molecule has 0 aliphatic carbocycles. The topological polar surface area (TPSA) is 42.2 Å². The number of halogens is 2. The van der Waals surface area contributed by atoms with Gasteiger partial charge in [-0.25, -0.2) is 4.39 Å². The summed E-state index contributed by atoms with van der Waals surface area (Å²) in [5, 5.41) is 9.66. The van der Waals surface area contributed by atoms with Crippen LogP contribution in [0.2, 0.25) is 5.02 Å². The smallest absolute Gasteiger partial charge is 0.200 e. The van der Waals surface area contributed by atoms with Gasteiger partial charge in [0, 0.05) is 17.1 Å². The highest BCUT2D eigenvalue weighted by molar-refractivity contribution is 6.31. The second-order valence-corrected chi connectivity index (χ2v) is 6.05. The third-order valence-electron chi connectivity index (χ3n) is 3.08. The zero-order valence-electron chi connectivity index (χ0n) is 11.5. The summed E-state index contributed by atoms with van der Waals surface area (Å²) < 4.78 is 15.4. The van der Waals surface area contributed by atoms with Crippen molar-refractivity contribution in [3.05, 3.63) is 51.5 Å². The molecule has 1 N–H and O–H groups in total. The van der Waals surface area contributed by atoms with Crippen molar-refractivity contribution in [3.8, 4) is 0 Å². The molecule has 5 heteroatoms. The Morgan fingerprint density at radius 1 is 1.40 bits per heavy atom. The highest BCUT2D eigenvalue weighted by atomic mass is 35.5. The molecule has 0 aliphatic heterocycles. The number of pyridine rings is 1. The number of hydrogen-bond acceptors (Lipinski definition) is 2. The first-order chi connectivity index (χ1) is 9.12. The number of fused-ring (bicyclic) bond motifs is 1. The fourth-order valence-corrected chi connectivity index (χ4v) is 2.24. The maximum absolute atomic E-state index is 13.6. The first-order valence-electron chi connectivity index (χ1n) is 6.06. The maximum Gasteiger partial charge on any atom is 0.200 e. The Morgan fingerprint density at radius 2 is 2.00 bits per heavy atom. The second kappa shape index (κ2) is 4.63. The lowest BCUT2D eigenvalue weighted by atomic mass is 10.0. The van der Waals surface area contributed by atoms with Crippen LogP contribution in [-0.2, 0) is 5.54 Å². The third-order valence-corrected chi connectivity index (χ3v) is 3.37. The summed E-state index contributed by atoms with van der Waals surface area (Å²) in [5.41, 5.74) is -0.284. The fourth-order valence-electron chi connectivity index (χ4n) is 2.08. The van der Waals surface area contributed by atoms with Gasteiger partial charge in [0.15, 0.2) is 5.43 Å². The molecule has 0 unspecified atom stereocenters. The Balaban J connectivity index is 3.05. The molecule has 3 nitrogen and oxygen atoms in total. The summed E-state index contributed by atoms with van der Waals surface area (Å²) in [6.45, 7) is 9.16. The average Bonchev–Trinajstić information content (AvgIpc) is 2.30. The zero-order valence-corrected chi connectivity index (χ0v) is 12.3. The van der Waals surface area contributed by atoms with E-state index in [1.165, 1.54) is 12.3 Å². The van der Waals surface area contributed by atoms with Crippen LogP contribution in [-0.4, -0.2) is 9.67 Å². The van der Waals surface area contributed by atoms with E-state index in [1.807, 2.05) is 20.8 Å². The lowest BCUT2D eigenvalue weighted by molar-refractivity contribution is 0.406. The minimum atomic E-state index is -0.669. The molecule has 0 fully saturated rings. The minimum absolute atomic E-state index is 0.0501. The molecule has 2 aromatic rings. The van der Waals surface area contributed by atoms with E-state index in [0.717, 1.165) is 6.07 Å². The van der Waals surface area contributed by atoms with E-state index in [4.69, 9.17) is 11.6 Å². The summed E-state index contributed by atoms with van der Waals surface area (Å²) in [5.74, 6) is -1.01. The molecular weight excluding hydrogens is 281 g/mol. The van der Waals surface area contributed by atoms with Crippen molar-refractivity contribution in [3.63, 3.8) is 0 Å². The summed E-state index contributed by atoms with van der Waals surface area (Å²) >= 11 is 5.81. The highest BCUT2D eigenvalue weighted by Gasteiger charge is 2.20. The van der Waals surface area contributed by atoms with Gasteiger partial charge in [0.2, 0.25) is 0 Å². The average molecular weight is 296 g/mol. The van der Waals surface area contributed by atoms with Crippen LogP contribution in [0.3, 0.4) is 0 Å². The van der Waals surface area contributed by atoms with E-state index in [0.29, 0.717) is 5.52 Å². The Morgan fingerprint density at radius 3 is 2.50 bits per heavy atom. The molecule has 20 heavy (non-hydrogen) atoms. The summed E-state index contributed by atoms with van der Waals surface area (Å²) in [4.78, 5) is 12.3. The van der Waals surface area contributed by atoms with E-state index >= 15 is 0 Å². The zero-order chi connectivity index (χ0) is 15.2. The number of benzene rings is 1. The number of aliphatic hydroxyl groups excluding tert-OH is 1. The van der Waals surface area contributed by atoms with Gasteiger partial charge in [0.25, 0.3) is 0 Å². The van der Waals surface area contributed by atoms with Crippen molar-refractivity contribution >= 4 is 28.3 Å². The van der Waals surface area contributed by atoms with Crippen LogP contribution < -0.4 is 5.43 Å². The summed E-state index contributed by atoms with van der Waals surface area (Å²) in [6, 6.07) is 2.51. The molecule has 0 saturated carbocycles. The predicted molar refractivity (Wildman–Crippen MR) is 79.8 cm³/mol. The summed E-state index contributed by atoms with van der Waals surface area (Å²) in [6.07, 6.45) is 1.52. The van der Waals surface area contributed by atoms with Gasteiger partial charge in [-0.15, -0.1) is 0 Å². The van der Waals surface area contributed by atoms with Crippen LogP contribution in [0.25, 0.3) is 16.7 Å². The van der Waals surface area contributed by atoms with Crippen LogP contribution in [0.4, 0.5) is 4.39 Å². The molecule has 1 aromatic heterocycles. The molecule has 2 rings (SSSR count). The normalized spacial score (nSPS) is 11.8. The van der Waals surface area contributed by atoms with Gasteiger partial charge in [0.1, 0.15) is 11.6 Å². The number of hydrogen-bond donors (Lipinski definition) is 1. The quantitative estimate of drug-likeness (QED) is 0.806. The van der Waals surface area contributed by atoms with Crippen molar-refractivity contribution in [2.75, 3.05) is 0 Å². The SMILES string of the molecule is C=C(O)c1cn(C(C)(C)C)c2cc(Cl)c(F)cc2c1=O. The van der Waals surface area contributed by atoms with Gasteiger partial charge in [-0.3, -0.25) is 4.79 Å². The molecule has 0 radical (unpaired) electrons. The van der Waals surface area contributed by atoms with Crippen LogP contribution in [0.15, 0.2) is 29.7 Å². The van der Waals surface area contributed by atoms with Crippen molar-refractivity contribution in [1.29, 1.82) is 0 Å². The third kappa shape index (κ3) is 2.31. The van der Waals surface area contributed by atoms with Crippen molar-refractivity contribution in [2.24, 2.45) is 0 Å². The first kappa shape index (κ1) is 14.6. The number of aromatic nitrogens is 1. The monoisotopic (exact) mass is 295 g/mol. The Labute approximate surface area is 120 Å². The van der Waals surface area contributed by atoms with Gasteiger partial charge in [0.05, 0.1) is 16.1 Å². The number of aliphatic hydroxyl groups is 1. The number of rotatable bonds is 1. The lowest BCUT2D eigenvalue weighted by Gasteiger charge is -2.26. The standard InChI is InChI=1S/C15H15ClFNO2/c1-8(19)10-7-18(15(2,3)4)13-6-11(16)12(17)5-9(13)14(10)20/h5-7,19H,1H2,2-4H3.